The van der Waals surface area contributed by atoms with E-state index in [-0.39, 0.29) is 18.3 Å². The molecule has 2 heterocycles. The first-order chi connectivity index (χ1) is 9.70. The maximum atomic E-state index is 12.2. The summed E-state index contributed by atoms with van der Waals surface area (Å²) in [6.45, 7) is 0.570. The molecule has 1 saturated carbocycles. The monoisotopic (exact) mass is 315 g/mol. The molecule has 1 amide bonds. The Balaban J connectivity index is 0.00000161. The van der Waals surface area contributed by atoms with Crippen molar-refractivity contribution >= 4 is 18.3 Å². The summed E-state index contributed by atoms with van der Waals surface area (Å²) in [5.41, 5.74) is 0. The molecule has 0 aromatic rings. The third-order valence-corrected chi connectivity index (χ3v) is 5.43. The van der Waals surface area contributed by atoms with Crippen LogP contribution in [-0.2, 0) is 4.79 Å². The molecule has 1 aliphatic carbocycles. The number of amides is 1. The van der Waals surface area contributed by atoms with Gasteiger partial charge < -0.3 is 10.6 Å². The summed E-state index contributed by atoms with van der Waals surface area (Å²) in [6, 6.07) is 2.42. The molecule has 4 nitrogen and oxygen atoms in total. The molecule has 122 valence electrons. The van der Waals surface area contributed by atoms with Gasteiger partial charge in [0.15, 0.2) is 0 Å². The maximum Gasteiger partial charge on any atom is 0.234 e. The highest BCUT2D eigenvalue weighted by Gasteiger charge is 2.35. The Hall–Kier alpha value is -0.320. The van der Waals surface area contributed by atoms with E-state index in [1.807, 2.05) is 0 Å². The number of hydrogen-bond donors (Lipinski definition) is 2. The van der Waals surface area contributed by atoms with E-state index in [1.165, 1.54) is 57.8 Å². The first-order valence-corrected chi connectivity index (χ1v) is 8.46. The van der Waals surface area contributed by atoms with Gasteiger partial charge in [0.2, 0.25) is 5.91 Å². The standard InChI is InChI=1S/C16H29N3O.ClH/c1-19(15-9-13-7-8-14(10-15)17-13)11-16(20)18-12-5-3-2-4-6-12;/h12-15,17H,2-11H2,1H3,(H,18,20);1H. The molecule has 3 aliphatic rings. The van der Waals surface area contributed by atoms with E-state index in [0.29, 0.717) is 30.7 Å². The first kappa shape index (κ1) is 17.0. The van der Waals surface area contributed by atoms with Crippen molar-refractivity contribution < 1.29 is 4.79 Å². The predicted octanol–water partition coefficient (Wildman–Crippen LogP) is 2.07. The van der Waals surface area contributed by atoms with Crippen molar-refractivity contribution in [1.29, 1.82) is 0 Å². The number of fused-ring (bicyclic) bond motifs is 2. The van der Waals surface area contributed by atoms with E-state index in [1.54, 1.807) is 0 Å². The minimum Gasteiger partial charge on any atom is -0.352 e. The molecule has 2 atom stereocenters. The highest BCUT2D eigenvalue weighted by Crippen LogP contribution is 2.29. The summed E-state index contributed by atoms with van der Waals surface area (Å²) in [6.07, 6.45) is 11.3. The molecule has 2 aliphatic heterocycles. The molecule has 5 heteroatoms. The highest BCUT2D eigenvalue weighted by atomic mass is 35.5. The van der Waals surface area contributed by atoms with Crippen molar-refractivity contribution in [3.05, 3.63) is 0 Å². The summed E-state index contributed by atoms with van der Waals surface area (Å²) < 4.78 is 0. The summed E-state index contributed by atoms with van der Waals surface area (Å²) in [7, 11) is 2.12. The molecule has 3 rings (SSSR count). The summed E-state index contributed by atoms with van der Waals surface area (Å²) in [5, 5.41) is 6.90. The maximum absolute atomic E-state index is 12.2. The number of nitrogens with one attached hydrogen (secondary N) is 2. The lowest BCUT2D eigenvalue weighted by molar-refractivity contribution is -0.123. The van der Waals surface area contributed by atoms with Gasteiger partial charge in [-0.15, -0.1) is 12.4 Å². The van der Waals surface area contributed by atoms with Crippen LogP contribution in [0.1, 0.15) is 57.8 Å². The zero-order valence-electron chi connectivity index (χ0n) is 13.1. The fourth-order valence-electron chi connectivity index (χ4n) is 4.26. The van der Waals surface area contributed by atoms with E-state index in [4.69, 9.17) is 0 Å². The smallest absolute Gasteiger partial charge is 0.234 e. The van der Waals surface area contributed by atoms with E-state index < -0.39 is 0 Å². The van der Waals surface area contributed by atoms with Crippen molar-refractivity contribution in [3.8, 4) is 0 Å². The number of hydrogen-bond acceptors (Lipinski definition) is 3. The number of piperidine rings is 1. The van der Waals surface area contributed by atoms with Crippen LogP contribution in [0.3, 0.4) is 0 Å². The Bertz CT molecular complexity index is 334. The topological polar surface area (TPSA) is 44.4 Å². The predicted molar refractivity (Wildman–Crippen MR) is 87.9 cm³/mol. The molecule has 0 spiro atoms. The van der Waals surface area contributed by atoms with Gasteiger partial charge >= 0.3 is 0 Å². The second kappa shape index (κ2) is 7.80. The normalized spacial score (nSPS) is 32.8. The Kier molecular flexibility index (Phi) is 6.33. The third-order valence-electron chi connectivity index (χ3n) is 5.43. The van der Waals surface area contributed by atoms with Gasteiger partial charge in [0, 0.05) is 24.2 Å². The summed E-state index contributed by atoms with van der Waals surface area (Å²) in [5.74, 6) is 0.227. The van der Waals surface area contributed by atoms with Gasteiger partial charge in [0.1, 0.15) is 0 Å². The Morgan fingerprint density at radius 3 is 2.33 bits per heavy atom. The quantitative estimate of drug-likeness (QED) is 0.835. The third kappa shape index (κ3) is 4.57. The molecule has 2 unspecified atom stereocenters. The van der Waals surface area contributed by atoms with Crippen LogP contribution in [-0.4, -0.2) is 48.6 Å². The van der Waals surface area contributed by atoms with Crippen LogP contribution in [0.15, 0.2) is 0 Å². The lowest BCUT2D eigenvalue weighted by atomic mass is 9.95. The second-order valence-electron chi connectivity index (χ2n) is 7.08. The molecule has 0 aromatic heterocycles. The fourth-order valence-corrected chi connectivity index (χ4v) is 4.26. The van der Waals surface area contributed by atoms with Crippen molar-refractivity contribution in [1.82, 2.24) is 15.5 Å². The van der Waals surface area contributed by atoms with Gasteiger partial charge in [0.25, 0.3) is 0 Å². The average Bonchev–Trinajstić information content (AvgIpc) is 2.78. The molecule has 2 saturated heterocycles. The van der Waals surface area contributed by atoms with Crippen molar-refractivity contribution in [2.75, 3.05) is 13.6 Å². The van der Waals surface area contributed by atoms with Gasteiger partial charge in [-0.2, -0.15) is 0 Å². The van der Waals surface area contributed by atoms with Crippen molar-refractivity contribution in [2.24, 2.45) is 0 Å². The van der Waals surface area contributed by atoms with E-state index >= 15 is 0 Å². The summed E-state index contributed by atoms with van der Waals surface area (Å²) in [4.78, 5) is 14.5. The number of halogens is 1. The van der Waals surface area contributed by atoms with E-state index in [0.717, 1.165) is 0 Å². The van der Waals surface area contributed by atoms with Crippen LogP contribution in [0.4, 0.5) is 0 Å². The van der Waals surface area contributed by atoms with Crippen LogP contribution in [0, 0.1) is 0 Å². The van der Waals surface area contributed by atoms with Crippen molar-refractivity contribution in [3.63, 3.8) is 0 Å². The molecule has 0 radical (unpaired) electrons. The zero-order chi connectivity index (χ0) is 13.9. The van der Waals surface area contributed by atoms with Gasteiger partial charge in [-0.25, -0.2) is 0 Å². The number of carbonyl (C=O) groups is 1. The van der Waals surface area contributed by atoms with Crippen molar-refractivity contribution in [2.45, 2.75) is 82.0 Å². The van der Waals surface area contributed by atoms with Crippen LogP contribution in [0.2, 0.25) is 0 Å². The van der Waals surface area contributed by atoms with Gasteiger partial charge in [-0.1, -0.05) is 19.3 Å². The number of carbonyl (C=O) groups excluding carboxylic acids is 1. The van der Waals surface area contributed by atoms with Crippen LogP contribution >= 0.6 is 12.4 Å². The number of likely N-dealkylation sites (N-methyl/N-ethyl adjacent to an activating group) is 1. The molecule has 3 fully saturated rings. The fraction of sp³-hybridized carbons (Fsp3) is 0.938. The lowest BCUT2D eigenvalue weighted by Gasteiger charge is -2.35. The molecular formula is C16H30ClN3O. The van der Waals surface area contributed by atoms with Crippen LogP contribution < -0.4 is 10.6 Å². The first-order valence-electron chi connectivity index (χ1n) is 8.46. The summed E-state index contributed by atoms with van der Waals surface area (Å²) >= 11 is 0. The van der Waals surface area contributed by atoms with Gasteiger partial charge in [-0.05, 0) is 45.6 Å². The Morgan fingerprint density at radius 2 is 1.71 bits per heavy atom. The molecule has 2 bridgehead atoms. The molecule has 21 heavy (non-hydrogen) atoms. The highest BCUT2D eigenvalue weighted by molar-refractivity contribution is 5.85. The minimum atomic E-state index is 0. The van der Waals surface area contributed by atoms with Crippen LogP contribution in [0.25, 0.3) is 0 Å². The van der Waals surface area contributed by atoms with Gasteiger partial charge in [-0.3, -0.25) is 9.69 Å². The minimum absolute atomic E-state index is 0. The number of nitrogens with zero attached hydrogens (tertiary/aromatic N) is 1. The van der Waals surface area contributed by atoms with E-state index in [2.05, 4.69) is 22.6 Å². The zero-order valence-corrected chi connectivity index (χ0v) is 14.0. The average molecular weight is 316 g/mol. The molecule has 0 aromatic carbocycles. The van der Waals surface area contributed by atoms with Crippen LogP contribution in [0.5, 0.6) is 0 Å². The van der Waals surface area contributed by atoms with E-state index in [9.17, 15) is 4.79 Å². The largest absolute Gasteiger partial charge is 0.352 e. The lowest BCUT2D eigenvalue weighted by Crippen LogP contribution is -2.50. The SMILES string of the molecule is CN(CC(=O)NC1CCCCC1)C1CC2CCC(C1)N2.Cl. The molecular weight excluding hydrogens is 286 g/mol. The number of rotatable bonds is 4. The molecule has 2 N–H and O–H groups in total. The second-order valence-corrected chi connectivity index (χ2v) is 7.08. The Morgan fingerprint density at radius 1 is 1.10 bits per heavy atom. The van der Waals surface area contributed by atoms with Gasteiger partial charge in [0.05, 0.1) is 6.54 Å². The Labute approximate surface area is 134 Å².